The lowest BCUT2D eigenvalue weighted by Gasteiger charge is -2.24. The summed E-state index contributed by atoms with van der Waals surface area (Å²) in [5, 5.41) is 0. The first kappa shape index (κ1) is 12.9. The minimum Gasteiger partial charge on any atom is -0.329 e. The van der Waals surface area contributed by atoms with Crippen LogP contribution in [0.15, 0.2) is 0 Å². The summed E-state index contributed by atoms with van der Waals surface area (Å²) in [6.45, 7) is 10.4. The molecule has 2 N–H and O–H groups in total. The second-order valence-corrected chi connectivity index (χ2v) is 4.53. The predicted octanol–water partition coefficient (Wildman–Crippen LogP) is 1.14. The van der Waals surface area contributed by atoms with Gasteiger partial charge >= 0.3 is 0 Å². The highest BCUT2D eigenvalue weighted by Crippen LogP contribution is 2.06. The Bertz CT molecular complexity index is 144. The molecule has 0 atom stereocenters. The lowest BCUT2D eigenvalue weighted by Crippen LogP contribution is -2.37. The summed E-state index contributed by atoms with van der Waals surface area (Å²) in [6.07, 6.45) is 5.38. The standard InChI is InChI=1S/C12H27N3/c1-2-3-7-15(10-6-13)12-11-14-8-4-5-9-14/h2-13H2,1H3. The number of hydrogen-bond acceptors (Lipinski definition) is 3. The van der Waals surface area contributed by atoms with E-state index in [4.69, 9.17) is 5.73 Å². The molecule has 0 aromatic heterocycles. The van der Waals surface area contributed by atoms with Crippen LogP contribution < -0.4 is 5.73 Å². The molecule has 1 saturated heterocycles. The molecule has 0 bridgehead atoms. The highest BCUT2D eigenvalue weighted by atomic mass is 15.2. The fourth-order valence-corrected chi connectivity index (χ4v) is 2.19. The summed E-state index contributed by atoms with van der Waals surface area (Å²) in [6, 6.07) is 0. The number of hydrogen-bond donors (Lipinski definition) is 1. The van der Waals surface area contributed by atoms with Gasteiger partial charge in [-0.05, 0) is 38.9 Å². The number of nitrogens with zero attached hydrogens (tertiary/aromatic N) is 2. The molecule has 1 rings (SSSR count). The van der Waals surface area contributed by atoms with E-state index < -0.39 is 0 Å². The lowest BCUT2D eigenvalue weighted by molar-refractivity contribution is 0.227. The van der Waals surface area contributed by atoms with Gasteiger partial charge in [-0.2, -0.15) is 0 Å². The molecule has 1 fully saturated rings. The van der Waals surface area contributed by atoms with E-state index in [0.717, 1.165) is 13.1 Å². The number of unbranched alkanes of at least 4 members (excludes halogenated alkanes) is 1. The first-order valence-corrected chi connectivity index (χ1v) is 6.51. The Balaban J connectivity index is 2.11. The SMILES string of the molecule is CCCCN(CCN)CCN1CCCC1. The van der Waals surface area contributed by atoms with E-state index in [1.807, 2.05) is 0 Å². The molecule has 0 spiro atoms. The van der Waals surface area contributed by atoms with Gasteiger partial charge in [0.25, 0.3) is 0 Å². The molecule has 0 aromatic carbocycles. The Morgan fingerprint density at radius 1 is 1.13 bits per heavy atom. The molecule has 0 saturated carbocycles. The molecule has 0 radical (unpaired) electrons. The van der Waals surface area contributed by atoms with E-state index >= 15 is 0 Å². The van der Waals surface area contributed by atoms with E-state index in [-0.39, 0.29) is 0 Å². The molecular formula is C12H27N3. The van der Waals surface area contributed by atoms with Crippen LogP contribution in [0.5, 0.6) is 0 Å². The zero-order chi connectivity index (χ0) is 10.9. The minimum absolute atomic E-state index is 0.795. The second-order valence-electron chi connectivity index (χ2n) is 4.53. The van der Waals surface area contributed by atoms with Gasteiger partial charge in [-0.1, -0.05) is 13.3 Å². The van der Waals surface area contributed by atoms with E-state index in [0.29, 0.717) is 0 Å². The van der Waals surface area contributed by atoms with Crippen LogP contribution in [0.4, 0.5) is 0 Å². The minimum atomic E-state index is 0.795. The van der Waals surface area contributed by atoms with E-state index in [2.05, 4.69) is 16.7 Å². The summed E-state index contributed by atoms with van der Waals surface area (Å²) in [4.78, 5) is 5.09. The van der Waals surface area contributed by atoms with Crippen molar-refractivity contribution in [1.82, 2.24) is 9.80 Å². The fourth-order valence-electron chi connectivity index (χ4n) is 2.19. The highest BCUT2D eigenvalue weighted by Gasteiger charge is 2.12. The van der Waals surface area contributed by atoms with Crippen molar-refractivity contribution >= 4 is 0 Å². The van der Waals surface area contributed by atoms with Gasteiger partial charge in [0, 0.05) is 26.2 Å². The highest BCUT2D eigenvalue weighted by molar-refractivity contribution is 4.68. The largest absolute Gasteiger partial charge is 0.329 e. The van der Waals surface area contributed by atoms with E-state index in [9.17, 15) is 0 Å². The quantitative estimate of drug-likeness (QED) is 0.656. The van der Waals surface area contributed by atoms with Crippen molar-refractivity contribution < 1.29 is 0 Å². The van der Waals surface area contributed by atoms with E-state index in [1.165, 1.54) is 58.4 Å². The third-order valence-electron chi connectivity index (χ3n) is 3.20. The topological polar surface area (TPSA) is 32.5 Å². The zero-order valence-electron chi connectivity index (χ0n) is 10.2. The third kappa shape index (κ3) is 5.50. The zero-order valence-corrected chi connectivity index (χ0v) is 10.2. The number of likely N-dealkylation sites (tertiary alicyclic amines) is 1. The van der Waals surface area contributed by atoms with Crippen LogP contribution in [0.25, 0.3) is 0 Å². The van der Waals surface area contributed by atoms with Gasteiger partial charge in [0.05, 0.1) is 0 Å². The summed E-state index contributed by atoms with van der Waals surface area (Å²) in [5.41, 5.74) is 5.63. The van der Waals surface area contributed by atoms with Crippen molar-refractivity contribution in [1.29, 1.82) is 0 Å². The van der Waals surface area contributed by atoms with Crippen LogP contribution in [0, 0.1) is 0 Å². The predicted molar refractivity (Wildman–Crippen MR) is 66.1 cm³/mol. The normalized spacial score (nSPS) is 17.8. The first-order valence-electron chi connectivity index (χ1n) is 6.51. The number of rotatable bonds is 8. The van der Waals surface area contributed by atoms with Crippen molar-refractivity contribution in [3.63, 3.8) is 0 Å². The molecular weight excluding hydrogens is 186 g/mol. The van der Waals surface area contributed by atoms with Crippen molar-refractivity contribution in [2.75, 3.05) is 45.8 Å². The molecule has 0 unspecified atom stereocenters. The molecule has 90 valence electrons. The average Bonchev–Trinajstić information content (AvgIpc) is 2.75. The summed E-state index contributed by atoms with van der Waals surface area (Å²) in [5.74, 6) is 0. The van der Waals surface area contributed by atoms with Crippen molar-refractivity contribution in [3.05, 3.63) is 0 Å². The van der Waals surface area contributed by atoms with Gasteiger partial charge in [0.15, 0.2) is 0 Å². The second kappa shape index (κ2) is 8.08. The monoisotopic (exact) mass is 213 g/mol. The van der Waals surface area contributed by atoms with Crippen LogP contribution in [0.2, 0.25) is 0 Å². The van der Waals surface area contributed by atoms with Gasteiger partial charge in [0.2, 0.25) is 0 Å². The third-order valence-corrected chi connectivity index (χ3v) is 3.20. The van der Waals surface area contributed by atoms with Crippen molar-refractivity contribution in [3.8, 4) is 0 Å². The molecule has 1 aliphatic rings. The van der Waals surface area contributed by atoms with Crippen molar-refractivity contribution in [2.45, 2.75) is 32.6 Å². The Kier molecular flexibility index (Phi) is 6.98. The summed E-state index contributed by atoms with van der Waals surface area (Å²) < 4.78 is 0. The molecule has 3 nitrogen and oxygen atoms in total. The van der Waals surface area contributed by atoms with Gasteiger partial charge in [-0.3, -0.25) is 0 Å². The molecule has 0 amide bonds. The van der Waals surface area contributed by atoms with Crippen LogP contribution in [0.1, 0.15) is 32.6 Å². The molecule has 3 heteroatoms. The van der Waals surface area contributed by atoms with Gasteiger partial charge < -0.3 is 15.5 Å². The van der Waals surface area contributed by atoms with Crippen LogP contribution in [-0.4, -0.2) is 55.6 Å². The van der Waals surface area contributed by atoms with E-state index in [1.54, 1.807) is 0 Å². The smallest absolute Gasteiger partial charge is 0.0110 e. The Morgan fingerprint density at radius 3 is 2.47 bits per heavy atom. The average molecular weight is 213 g/mol. The van der Waals surface area contributed by atoms with Crippen LogP contribution in [-0.2, 0) is 0 Å². The number of nitrogens with two attached hydrogens (primary N) is 1. The Labute approximate surface area is 94.6 Å². The summed E-state index contributed by atoms with van der Waals surface area (Å²) >= 11 is 0. The molecule has 1 aliphatic heterocycles. The van der Waals surface area contributed by atoms with Crippen LogP contribution >= 0.6 is 0 Å². The van der Waals surface area contributed by atoms with Gasteiger partial charge in [0.1, 0.15) is 0 Å². The molecule has 15 heavy (non-hydrogen) atoms. The lowest BCUT2D eigenvalue weighted by atomic mass is 10.3. The fraction of sp³-hybridized carbons (Fsp3) is 1.00. The molecule has 0 aromatic rings. The first-order chi connectivity index (χ1) is 7.36. The maximum Gasteiger partial charge on any atom is 0.0110 e. The maximum atomic E-state index is 5.63. The maximum absolute atomic E-state index is 5.63. The van der Waals surface area contributed by atoms with Gasteiger partial charge in [-0.15, -0.1) is 0 Å². The molecule has 1 heterocycles. The summed E-state index contributed by atoms with van der Waals surface area (Å²) in [7, 11) is 0. The van der Waals surface area contributed by atoms with Crippen molar-refractivity contribution in [2.24, 2.45) is 5.73 Å². The Morgan fingerprint density at radius 2 is 1.87 bits per heavy atom. The molecule has 0 aliphatic carbocycles. The van der Waals surface area contributed by atoms with Crippen LogP contribution in [0.3, 0.4) is 0 Å². The Hall–Kier alpha value is -0.120. The van der Waals surface area contributed by atoms with Gasteiger partial charge in [-0.25, -0.2) is 0 Å².